The largest absolute Gasteiger partial charge is 0.344 e. The summed E-state index contributed by atoms with van der Waals surface area (Å²) in [4.78, 5) is 2.31. The molecule has 0 aliphatic heterocycles. The predicted molar refractivity (Wildman–Crippen MR) is 117 cm³/mol. The molecule has 1 aliphatic rings. The fourth-order valence-corrected chi connectivity index (χ4v) is 3.70. The summed E-state index contributed by atoms with van der Waals surface area (Å²) >= 11 is 0. The molecule has 1 unspecified atom stereocenters. The SMILES string of the molecule is CC1C=CC(c2ccccc2N(C)c2ccccc2-c2ccccc2)=CC1. The van der Waals surface area contributed by atoms with E-state index in [4.69, 9.17) is 0 Å². The third-order valence-corrected chi connectivity index (χ3v) is 5.24. The van der Waals surface area contributed by atoms with Gasteiger partial charge in [-0.05, 0) is 35.6 Å². The van der Waals surface area contributed by atoms with E-state index in [2.05, 4.69) is 116 Å². The molecule has 0 amide bonds. The van der Waals surface area contributed by atoms with E-state index in [0.717, 1.165) is 6.42 Å². The van der Waals surface area contributed by atoms with E-state index in [1.54, 1.807) is 0 Å². The molecular weight excluding hydrogens is 326 g/mol. The number of hydrogen-bond acceptors (Lipinski definition) is 1. The monoisotopic (exact) mass is 351 g/mol. The van der Waals surface area contributed by atoms with E-state index in [1.165, 1.54) is 33.6 Å². The third-order valence-electron chi connectivity index (χ3n) is 5.24. The number of anilines is 2. The van der Waals surface area contributed by atoms with Crippen LogP contribution in [0.25, 0.3) is 16.7 Å². The fraction of sp³-hybridized carbons (Fsp3) is 0.154. The van der Waals surface area contributed by atoms with Crippen LogP contribution >= 0.6 is 0 Å². The number of allylic oxidation sites excluding steroid dienone is 4. The maximum absolute atomic E-state index is 2.36. The Morgan fingerprint density at radius 1 is 0.741 bits per heavy atom. The van der Waals surface area contributed by atoms with Crippen LogP contribution in [0.5, 0.6) is 0 Å². The molecule has 4 rings (SSSR count). The van der Waals surface area contributed by atoms with Gasteiger partial charge in [0.2, 0.25) is 0 Å². The fourth-order valence-electron chi connectivity index (χ4n) is 3.70. The van der Waals surface area contributed by atoms with Crippen molar-refractivity contribution >= 4 is 16.9 Å². The molecular formula is C26H25N. The van der Waals surface area contributed by atoms with Crippen molar-refractivity contribution in [1.82, 2.24) is 0 Å². The molecule has 0 aromatic heterocycles. The summed E-state index contributed by atoms with van der Waals surface area (Å²) in [6, 6.07) is 27.9. The zero-order valence-electron chi connectivity index (χ0n) is 16.0. The van der Waals surface area contributed by atoms with Crippen LogP contribution in [0.15, 0.2) is 97.1 Å². The molecule has 1 atom stereocenters. The minimum absolute atomic E-state index is 0.623. The Balaban J connectivity index is 1.78. The van der Waals surface area contributed by atoms with Gasteiger partial charge in [-0.25, -0.2) is 0 Å². The summed E-state index contributed by atoms with van der Waals surface area (Å²) in [6.45, 7) is 2.26. The summed E-state index contributed by atoms with van der Waals surface area (Å²) in [6.07, 6.45) is 8.04. The molecule has 0 heterocycles. The van der Waals surface area contributed by atoms with Crippen molar-refractivity contribution < 1.29 is 0 Å². The number of hydrogen-bond donors (Lipinski definition) is 0. The lowest BCUT2D eigenvalue weighted by molar-refractivity contribution is 0.739. The highest BCUT2D eigenvalue weighted by Gasteiger charge is 2.15. The first-order valence-corrected chi connectivity index (χ1v) is 9.60. The van der Waals surface area contributed by atoms with E-state index >= 15 is 0 Å². The first-order chi connectivity index (χ1) is 13.2. The highest BCUT2D eigenvalue weighted by molar-refractivity contribution is 5.88. The van der Waals surface area contributed by atoms with Gasteiger partial charge in [0, 0.05) is 29.5 Å². The number of nitrogens with zero attached hydrogens (tertiary/aromatic N) is 1. The minimum atomic E-state index is 0.623. The first kappa shape index (κ1) is 17.4. The Bertz CT molecular complexity index is 982. The van der Waals surface area contributed by atoms with E-state index in [9.17, 15) is 0 Å². The van der Waals surface area contributed by atoms with Crippen molar-refractivity contribution in [2.24, 2.45) is 5.92 Å². The summed E-state index contributed by atoms with van der Waals surface area (Å²) in [7, 11) is 2.16. The van der Waals surface area contributed by atoms with Gasteiger partial charge in [0.1, 0.15) is 0 Å². The minimum Gasteiger partial charge on any atom is -0.344 e. The topological polar surface area (TPSA) is 3.24 Å². The molecule has 0 saturated heterocycles. The van der Waals surface area contributed by atoms with Gasteiger partial charge in [-0.15, -0.1) is 0 Å². The molecule has 0 fully saturated rings. The van der Waals surface area contributed by atoms with Crippen LogP contribution in [-0.4, -0.2) is 7.05 Å². The van der Waals surface area contributed by atoms with Gasteiger partial charge in [-0.1, -0.05) is 91.9 Å². The van der Waals surface area contributed by atoms with Crippen molar-refractivity contribution in [3.8, 4) is 11.1 Å². The maximum atomic E-state index is 2.36. The van der Waals surface area contributed by atoms with E-state index in [-0.39, 0.29) is 0 Å². The smallest absolute Gasteiger partial charge is 0.0487 e. The Morgan fingerprint density at radius 2 is 1.33 bits per heavy atom. The van der Waals surface area contributed by atoms with Gasteiger partial charge >= 0.3 is 0 Å². The number of rotatable bonds is 4. The summed E-state index contributed by atoms with van der Waals surface area (Å²) < 4.78 is 0. The molecule has 0 N–H and O–H groups in total. The summed E-state index contributed by atoms with van der Waals surface area (Å²) in [5.74, 6) is 0.623. The molecule has 1 aliphatic carbocycles. The summed E-state index contributed by atoms with van der Waals surface area (Å²) in [5, 5.41) is 0. The van der Waals surface area contributed by atoms with Crippen LogP contribution in [0.4, 0.5) is 11.4 Å². The highest BCUT2D eigenvalue weighted by Crippen LogP contribution is 2.38. The van der Waals surface area contributed by atoms with Crippen LogP contribution in [0, 0.1) is 5.92 Å². The molecule has 1 nitrogen and oxygen atoms in total. The van der Waals surface area contributed by atoms with Crippen molar-refractivity contribution in [3.63, 3.8) is 0 Å². The number of benzene rings is 3. The first-order valence-electron chi connectivity index (χ1n) is 9.60. The third kappa shape index (κ3) is 3.59. The normalized spacial score (nSPS) is 16.1. The zero-order chi connectivity index (χ0) is 18.6. The molecule has 0 spiro atoms. The lowest BCUT2D eigenvalue weighted by atomic mass is 9.93. The number of para-hydroxylation sites is 2. The second-order valence-electron chi connectivity index (χ2n) is 7.19. The van der Waals surface area contributed by atoms with Crippen molar-refractivity contribution in [2.75, 3.05) is 11.9 Å². The summed E-state index contributed by atoms with van der Waals surface area (Å²) in [5.41, 5.74) is 7.52. The Kier molecular flexibility index (Phi) is 4.93. The Morgan fingerprint density at radius 3 is 2.00 bits per heavy atom. The van der Waals surface area contributed by atoms with Gasteiger partial charge in [0.05, 0.1) is 0 Å². The average molecular weight is 351 g/mol. The van der Waals surface area contributed by atoms with Gasteiger partial charge in [0.15, 0.2) is 0 Å². The predicted octanol–water partition coefficient (Wildman–Crippen LogP) is 7.10. The standard InChI is InChI=1S/C26H25N/c1-20-16-18-22(19-17-20)24-13-7-9-15-26(24)27(2)25-14-8-6-12-23(25)21-10-4-3-5-11-21/h3-16,18-20H,17H2,1-2H3. The lowest BCUT2D eigenvalue weighted by Crippen LogP contribution is -2.13. The van der Waals surface area contributed by atoms with E-state index in [1.807, 2.05) is 0 Å². The van der Waals surface area contributed by atoms with Crippen LogP contribution in [0.3, 0.4) is 0 Å². The molecule has 3 aromatic carbocycles. The van der Waals surface area contributed by atoms with Gasteiger partial charge in [0.25, 0.3) is 0 Å². The van der Waals surface area contributed by atoms with Crippen LogP contribution in [0.1, 0.15) is 18.9 Å². The van der Waals surface area contributed by atoms with Gasteiger partial charge in [-0.3, -0.25) is 0 Å². The lowest BCUT2D eigenvalue weighted by Gasteiger charge is -2.26. The second kappa shape index (κ2) is 7.67. The quantitative estimate of drug-likeness (QED) is 0.484. The molecule has 134 valence electrons. The van der Waals surface area contributed by atoms with Crippen LogP contribution in [-0.2, 0) is 0 Å². The molecule has 27 heavy (non-hydrogen) atoms. The zero-order valence-corrected chi connectivity index (χ0v) is 16.0. The Labute approximate surface area is 162 Å². The highest BCUT2D eigenvalue weighted by atomic mass is 15.1. The van der Waals surface area contributed by atoms with Gasteiger partial charge in [-0.2, -0.15) is 0 Å². The molecule has 1 heteroatoms. The van der Waals surface area contributed by atoms with Crippen LogP contribution < -0.4 is 4.90 Å². The molecule has 0 saturated carbocycles. The van der Waals surface area contributed by atoms with Crippen LogP contribution in [0.2, 0.25) is 0 Å². The van der Waals surface area contributed by atoms with E-state index < -0.39 is 0 Å². The van der Waals surface area contributed by atoms with Crippen molar-refractivity contribution in [2.45, 2.75) is 13.3 Å². The van der Waals surface area contributed by atoms with Gasteiger partial charge < -0.3 is 4.90 Å². The molecule has 0 bridgehead atoms. The maximum Gasteiger partial charge on any atom is 0.0487 e. The Hall–Kier alpha value is -3.06. The van der Waals surface area contributed by atoms with Crippen molar-refractivity contribution in [3.05, 3.63) is 103 Å². The molecule has 3 aromatic rings. The van der Waals surface area contributed by atoms with Crippen molar-refractivity contribution in [1.29, 1.82) is 0 Å². The molecule has 0 radical (unpaired) electrons. The second-order valence-corrected chi connectivity index (χ2v) is 7.19. The van der Waals surface area contributed by atoms with E-state index in [0.29, 0.717) is 5.92 Å². The average Bonchev–Trinajstić information content (AvgIpc) is 2.74.